The lowest BCUT2D eigenvalue weighted by Crippen LogP contribution is -2.49. The largest absolute Gasteiger partial charge is 0.342 e. The molecule has 1 aromatic rings. The van der Waals surface area contributed by atoms with Crippen LogP contribution in [0.25, 0.3) is 0 Å². The molecule has 2 aliphatic heterocycles. The second-order valence-electron chi connectivity index (χ2n) is 9.24. The Hall–Kier alpha value is -1.40. The second-order valence-corrected chi connectivity index (χ2v) is 11.1. The fraction of sp³-hybridized carbons (Fsp3) is 0.682. The third kappa shape index (κ3) is 3.09. The zero-order valence-electron chi connectivity index (χ0n) is 16.4. The quantitative estimate of drug-likeness (QED) is 0.777. The van der Waals surface area contributed by atoms with Gasteiger partial charge in [-0.05, 0) is 62.5 Å². The number of sulfonamides is 1. The first-order chi connectivity index (χ1) is 13.5. The molecule has 152 valence electrons. The third-order valence-corrected chi connectivity index (χ3v) is 9.52. The van der Waals surface area contributed by atoms with E-state index in [1.807, 2.05) is 6.07 Å². The van der Waals surface area contributed by atoms with Crippen LogP contribution in [0.2, 0.25) is 0 Å². The number of amides is 1. The highest BCUT2D eigenvalue weighted by Gasteiger charge is 2.75. The fourth-order valence-corrected chi connectivity index (χ4v) is 7.23. The fourth-order valence-electron chi connectivity index (χ4n) is 5.46. The summed E-state index contributed by atoms with van der Waals surface area (Å²) >= 11 is 0. The van der Waals surface area contributed by atoms with Gasteiger partial charge < -0.3 is 4.90 Å². The molecule has 1 aromatic carbocycles. The van der Waals surface area contributed by atoms with Crippen LogP contribution in [-0.4, -0.2) is 49.2 Å². The Morgan fingerprint density at radius 1 is 0.929 bits per heavy atom. The molecule has 28 heavy (non-hydrogen) atoms. The number of likely N-dealkylation sites (tertiary alicyclic amines) is 1. The summed E-state index contributed by atoms with van der Waals surface area (Å²) < 4.78 is 28.5. The summed E-state index contributed by atoms with van der Waals surface area (Å²) in [6, 6.07) is 8.94. The molecule has 2 saturated carbocycles. The molecule has 4 fully saturated rings. The monoisotopic (exact) mass is 402 g/mol. The predicted molar refractivity (Wildman–Crippen MR) is 107 cm³/mol. The molecular weight excluding hydrogens is 372 g/mol. The van der Waals surface area contributed by atoms with Crippen molar-refractivity contribution in [2.75, 3.05) is 19.6 Å². The molecule has 2 saturated heterocycles. The van der Waals surface area contributed by atoms with Crippen LogP contribution in [0.3, 0.4) is 0 Å². The van der Waals surface area contributed by atoms with Crippen LogP contribution in [0, 0.1) is 17.3 Å². The van der Waals surface area contributed by atoms with Gasteiger partial charge in [0.25, 0.3) is 0 Å². The summed E-state index contributed by atoms with van der Waals surface area (Å²) in [4.78, 5) is 15.2. The molecular formula is C22H30N2O3S. The third-order valence-electron chi connectivity index (χ3n) is 7.58. The van der Waals surface area contributed by atoms with Crippen molar-refractivity contribution in [1.29, 1.82) is 0 Å². The molecule has 2 aliphatic carbocycles. The molecule has 6 heteroatoms. The van der Waals surface area contributed by atoms with Crippen molar-refractivity contribution >= 4 is 15.9 Å². The lowest BCUT2D eigenvalue weighted by molar-refractivity contribution is -0.136. The summed E-state index contributed by atoms with van der Waals surface area (Å²) in [7, 11) is -3.47. The van der Waals surface area contributed by atoms with Crippen molar-refractivity contribution in [3.63, 3.8) is 0 Å². The van der Waals surface area contributed by atoms with E-state index < -0.39 is 10.0 Å². The van der Waals surface area contributed by atoms with E-state index in [0.717, 1.165) is 64.5 Å². The number of rotatable bonds is 4. The van der Waals surface area contributed by atoms with Crippen LogP contribution in [0.4, 0.5) is 0 Å². The van der Waals surface area contributed by atoms with Gasteiger partial charge in [-0.15, -0.1) is 0 Å². The van der Waals surface area contributed by atoms with Gasteiger partial charge in [0.1, 0.15) is 0 Å². The highest BCUT2D eigenvalue weighted by atomic mass is 32.2. The average molecular weight is 403 g/mol. The van der Waals surface area contributed by atoms with Crippen molar-refractivity contribution in [3.8, 4) is 0 Å². The van der Waals surface area contributed by atoms with Crippen molar-refractivity contribution < 1.29 is 13.2 Å². The minimum Gasteiger partial charge on any atom is -0.342 e. The first-order valence-electron chi connectivity index (χ1n) is 10.9. The van der Waals surface area contributed by atoms with Crippen molar-refractivity contribution in [2.24, 2.45) is 17.3 Å². The number of piperidine rings is 1. The molecule has 1 unspecified atom stereocenters. The number of hydrogen-bond acceptors (Lipinski definition) is 3. The van der Waals surface area contributed by atoms with E-state index in [2.05, 4.69) is 4.90 Å². The van der Waals surface area contributed by atoms with Gasteiger partial charge in [-0.2, -0.15) is 4.31 Å². The lowest BCUT2D eigenvalue weighted by Gasteiger charge is -2.40. The standard InChI is InChI=1S/C22H30N2O3S/c25-21(22-15-18(22)16-22)23-13-10-17(11-14-23)20-9-5-2-6-12-24(20)28(26,27)19-7-3-1-4-8-19/h1,3-4,7-8,17-18,20H,2,5-6,9-16H2. The van der Waals surface area contributed by atoms with Crippen LogP contribution in [0.5, 0.6) is 0 Å². The smallest absolute Gasteiger partial charge is 0.243 e. The minimum atomic E-state index is -3.47. The summed E-state index contributed by atoms with van der Waals surface area (Å²) in [6.07, 6.45) is 8.14. The molecule has 5 rings (SSSR count). The van der Waals surface area contributed by atoms with E-state index in [1.54, 1.807) is 28.6 Å². The van der Waals surface area contributed by atoms with Gasteiger partial charge in [0.05, 0.1) is 10.3 Å². The number of benzene rings is 1. The molecule has 2 heterocycles. The van der Waals surface area contributed by atoms with Crippen LogP contribution in [0.15, 0.2) is 35.2 Å². The maximum atomic E-state index is 13.4. The normalized spacial score (nSPS) is 33.8. The summed E-state index contributed by atoms with van der Waals surface area (Å²) in [6.45, 7) is 2.22. The molecule has 1 atom stereocenters. The Labute approximate surface area is 168 Å². The van der Waals surface area contributed by atoms with Crippen LogP contribution in [-0.2, 0) is 14.8 Å². The summed E-state index contributed by atoms with van der Waals surface area (Å²) in [5, 5.41) is 0. The average Bonchev–Trinajstić information content (AvgIpc) is 3.59. The Bertz CT molecular complexity index is 840. The van der Waals surface area contributed by atoms with Gasteiger partial charge in [-0.1, -0.05) is 31.0 Å². The van der Waals surface area contributed by atoms with E-state index in [1.165, 1.54) is 0 Å². The number of fused-ring (bicyclic) bond motifs is 1. The van der Waals surface area contributed by atoms with Crippen LogP contribution in [0.1, 0.15) is 51.4 Å². The molecule has 1 amide bonds. The maximum absolute atomic E-state index is 13.4. The number of hydrogen-bond donors (Lipinski definition) is 0. The SMILES string of the molecule is O=C(N1CCC(C2CCCCCN2S(=O)(=O)c2ccccc2)CC1)C12CC1C2. The van der Waals surface area contributed by atoms with E-state index >= 15 is 0 Å². The van der Waals surface area contributed by atoms with Gasteiger partial charge >= 0.3 is 0 Å². The molecule has 0 aromatic heterocycles. The predicted octanol–water partition coefficient (Wildman–Crippen LogP) is 3.27. The molecule has 0 N–H and O–H groups in total. The zero-order chi connectivity index (χ0) is 19.4. The molecule has 0 spiro atoms. The summed E-state index contributed by atoms with van der Waals surface area (Å²) in [5.74, 6) is 1.42. The Balaban J connectivity index is 1.31. The van der Waals surface area contributed by atoms with E-state index in [4.69, 9.17) is 0 Å². The second kappa shape index (κ2) is 6.84. The lowest BCUT2D eigenvalue weighted by atomic mass is 9.86. The number of carbonyl (C=O) groups excluding carboxylic acids is 1. The molecule has 5 nitrogen and oxygen atoms in total. The zero-order valence-corrected chi connectivity index (χ0v) is 17.2. The van der Waals surface area contributed by atoms with E-state index in [-0.39, 0.29) is 11.5 Å². The van der Waals surface area contributed by atoms with E-state index in [9.17, 15) is 13.2 Å². The highest BCUT2D eigenvalue weighted by molar-refractivity contribution is 7.89. The van der Waals surface area contributed by atoms with Crippen molar-refractivity contribution in [1.82, 2.24) is 9.21 Å². The molecule has 0 bridgehead atoms. The first-order valence-corrected chi connectivity index (χ1v) is 12.3. The maximum Gasteiger partial charge on any atom is 0.243 e. The Morgan fingerprint density at radius 3 is 2.25 bits per heavy atom. The van der Waals surface area contributed by atoms with Crippen LogP contribution >= 0.6 is 0 Å². The first kappa shape index (κ1) is 18.6. The van der Waals surface area contributed by atoms with Crippen molar-refractivity contribution in [2.45, 2.75) is 62.3 Å². The topological polar surface area (TPSA) is 57.7 Å². The van der Waals surface area contributed by atoms with Gasteiger partial charge in [0, 0.05) is 25.7 Å². The highest BCUT2D eigenvalue weighted by Crippen LogP contribution is 2.76. The Morgan fingerprint density at radius 2 is 1.61 bits per heavy atom. The minimum absolute atomic E-state index is 0.0534. The van der Waals surface area contributed by atoms with Crippen LogP contribution < -0.4 is 0 Å². The number of carbonyl (C=O) groups is 1. The Kier molecular flexibility index (Phi) is 4.55. The molecule has 4 aliphatic rings. The van der Waals surface area contributed by atoms with Gasteiger partial charge in [0.2, 0.25) is 15.9 Å². The van der Waals surface area contributed by atoms with Gasteiger partial charge in [-0.3, -0.25) is 4.79 Å². The van der Waals surface area contributed by atoms with Gasteiger partial charge in [0.15, 0.2) is 0 Å². The van der Waals surface area contributed by atoms with Crippen molar-refractivity contribution in [3.05, 3.63) is 30.3 Å². The number of nitrogens with zero attached hydrogens (tertiary/aromatic N) is 2. The summed E-state index contributed by atoms with van der Waals surface area (Å²) in [5.41, 5.74) is 0.0534. The van der Waals surface area contributed by atoms with E-state index in [0.29, 0.717) is 29.2 Å². The molecule has 0 radical (unpaired) electrons. The van der Waals surface area contributed by atoms with Gasteiger partial charge in [-0.25, -0.2) is 8.42 Å².